The SMILES string of the molecule is Nc1ccc(N=Nc2ccc(Br)cc2)c(N)c1. The summed E-state index contributed by atoms with van der Waals surface area (Å²) < 4.78 is 1.00. The molecule has 4 N–H and O–H groups in total. The molecule has 0 atom stereocenters. The average molecular weight is 291 g/mol. The van der Waals surface area contributed by atoms with E-state index in [2.05, 4.69) is 26.2 Å². The van der Waals surface area contributed by atoms with Gasteiger partial charge in [0.1, 0.15) is 5.69 Å². The summed E-state index contributed by atoms with van der Waals surface area (Å²) >= 11 is 3.35. The van der Waals surface area contributed by atoms with E-state index in [1.807, 2.05) is 24.3 Å². The zero-order valence-electron chi connectivity index (χ0n) is 8.97. The molecule has 4 nitrogen and oxygen atoms in total. The Balaban J connectivity index is 2.23. The van der Waals surface area contributed by atoms with Gasteiger partial charge in [0, 0.05) is 10.2 Å². The van der Waals surface area contributed by atoms with E-state index in [4.69, 9.17) is 11.5 Å². The number of nitrogens with zero attached hydrogens (tertiary/aromatic N) is 2. The van der Waals surface area contributed by atoms with Crippen molar-refractivity contribution in [3.8, 4) is 0 Å². The van der Waals surface area contributed by atoms with Gasteiger partial charge in [-0.2, -0.15) is 5.11 Å². The first kappa shape index (κ1) is 11.6. The first-order valence-electron chi connectivity index (χ1n) is 4.97. The molecule has 0 spiro atoms. The Morgan fingerprint density at radius 3 is 2.24 bits per heavy atom. The minimum Gasteiger partial charge on any atom is -0.399 e. The Morgan fingerprint density at radius 1 is 0.882 bits per heavy atom. The van der Waals surface area contributed by atoms with Crippen LogP contribution in [-0.4, -0.2) is 0 Å². The normalized spacial score (nSPS) is 10.9. The molecule has 5 heteroatoms. The Morgan fingerprint density at radius 2 is 1.59 bits per heavy atom. The van der Waals surface area contributed by atoms with Crippen molar-refractivity contribution in [2.45, 2.75) is 0 Å². The molecule has 0 aliphatic rings. The fourth-order valence-electron chi connectivity index (χ4n) is 1.28. The molecular formula is C12H11BrN4. The van der Waals surface area contributed by atoms with Crippen LogP contribution in [0.15, 0.2) is 57.2 Å². The number of halogens is 1. The van der Waals surface area contributed by atoms with E-state index in [-0.39, 0.29) is 0 Å². The third-order valence-corrected chi connectivity index (χ3v) is 2.68. The summed E-state index contributed by atoms with van der Waals surface area (Å²) in [6.45, 7) is 0. The molecule has 17 heavy (non-hydrogen) atoms. The van der Waals surface area contributed by atoms with Crippen molar-refractivity contribution < 1.29 is 0 Å². The van der Waals surface area contributed by atoms with Gasteiger partial charge in [-0.15, -0.1) is 5.11 Å². The lowest BCUT2D eigenvalue weighted by Gasteiger charge is -1.99. The quantitative estimate of drug-likeness (QED) is 0.647. The molecule has 0 saturated carbocycles. The number of nitrogen functional groups attached to an aromatic ring is 2. The number of hydrogen-bond acceptors (Lipinski definition) is 4. The first-order chi connectivity index (χ1) is 8.15. The molecule has 2 aromatic rings. The van der Waals surface area contributed by atoms with E-state index >= 15 is 0 Å². The second kappa shape index (κ2) is 4.97. The predicted molar refractivity (Wildman–Crippen MR) is 73.6 cm³/mol. The van der Waals surface area contributed by atoms with Crippen LogP contribution in [0.25, 0.3) is 0 Å². The predicted octanol–water partition coefficient (Wildman–Crippen LogP) is 4.03. The van der Waals surface area contributed by atoms with Gasteiger partial charge in [0.15, 0.2) is 0 Å². The van der Waals surface area contributed by atoms with Gasteiger partial charge >= 0.3 is 0 Å². The number of benzene rings is 2. The fraction of sp³-hybridized carbons (Fsp3) is 0. The maximum Gasteiger partial charge on any atom is 0.109 e. The van der Waals surface area contributed by atoms with E-state index in [0.717, 1.165) is 10.2 Å². The standard InChI is InChI=1S/C12H11BrN4/c13-8-1-4-10(5-2-8)16-17-12-6-3-9(14)7-11(12)15/h1-7H,14-15H2. The smallest absolute Gasteiger partial charge is 0.109 e. The highest BCUT2D eigenvalue weighted by atomic mass is 79.9. The van der Waals surface area contributed by atoms with Gasteiger partial charge in [-0.05, 0) is 42.5 Å². The van der Waals surface area contributed by atoms with Crippen LogP contribution in [-0.2, 0) is 0 Å². The number of hydrogen-bond donors (Lipinski definition) is 2. The molecule has 2 rings (SSSR count). The topological polar surface area (TPSA) is 76.8 Å². The van der Waals surface area contributed by atoms with E-state index in [1.165, 1.54) is 0 Å². The third-order valence-electron chi connectivity index (χ3n) is 2.15. The molecule has 0 unspecified atom stereocenters. The first-order valence-corrected chi connectivity index (χ1v) is 5.77. The van der Waals surface area contributed by atoms with Crippen LogP contribution in [0.1, 0.15) is 0 Å². The van der Waals surface area contributed by atoms with Crippen molar-refractivity contribution in [3.63, 3.8) is 0 Å². The molecule has 0 aliphatic carbocycles. The third kappa shape index (κ3) is 3.04. The molecule has 0 bridgehead atoms. The van der Waals surface area contributed by atoms with Crippen molar-refractivity contribution in [1.29, 1.82) is 0 Å². The van der Waals surface area contributed by atoms with Crippen molar-refractivity contribution in [2.75, 3.05) is 11.5 Å². The minimum absolute atomic E-state index is 0.519. The summed E-state index contributed by atoms with van der Waals surface area (Å²) in [5.41, 5.74) is 13.9. The van der Waals surface area contributed by atoms with Crippen LogP contribution < -0.4 is 11.5 Å². The molecular weight excluding hydrogens is 280 g/mol. The van der Waals surface area contributed by atoms with Crippen LogP contribution in [0.4, 0.5) is 22.7 Å². The van der Waals surface area contributed by atoms with Crippen molar-refractivity contribution >= 4 is 38.7 Å². The number of rotatable bonds is 2. The van der Waals surface area contributed by atoms with Crippen LogP contribution in [0.2, 0.25) is 0 Å². The van der Waals surface area contributed by atoms with Crippen LogP contribution in [0, 0.1) is 0 Å². The molecule has 0 aliphatic heterocycles. The summed E-state index contributed by atoms with van der Waals surface area (Å²) in [5, 5.41) is 8.17. The van der Waals surface area contributed by atoms with E-state index in [0.29, 0.717) is 17.1 Å². The van der Waals surface area contributed by atoms with Crippen molar-refractivity contribution in [1.82, 2.24) is 0 Å². The van der Waals surface area contributed by atoms with E-state index in [1.54, 1.807) is 18.2 Å². The molecule has 0 fully saturated rings. The molecule has 2 aromatic carbocycles. The zero-order chi connectivity index (χ0) is 12.3. The Kier molecular flexibility index (Phi) is 3.39. The Bertz CT molecular complexity index is 549. The molecule has 0 heterocycles. The van der Waals surface area contributed by atoms with Crippen LogP contribution >= 0.6 is 15.9 Å². The highest BCUT2D eigenvalue weighted by molar-refractivity contribution is 9.10. The van der Waals surface area contributed by atoms with Gasteiger partial charge in [-0.25, -0.2) is 0 Å². The lowest BCUT2D eigenvalue weighted by atomic mass is 10.2. The molecule has 0 aromatic heterocycles. The van der Waals surface area contributed by atoms with Gasteiger partial charge in [0.2, 0.25) is 0 Å². The summed E-state index contributed by atoms with van der Waals surface area (Å²) in [6.07, 6.45) is 0. The monoisotopic (exact) mass is 290 g/mol. The molecule has 0 radical (unpaired) electrons. The van der Waals surface area contributed by atoms with E-state index < -0.39 is 0 Å². The summed E-state index contributed by atoms with van der Waals surface area (Å²) in [5.74, 6) is 0. The van der Waals surface area contributed by atoms with Crippen molar-refractivity contribution in [2.24, 2.45) is 10.2 Å². The highest BCUT2D eigenvalue weighted by Gasteiger charge is 1.97. The largest absolute Gasteiger partial charge is 0.399 e. The summed E-state index contributed by atoms with van der Waals surface area (Å²) in [6, 6.07) is 12.7. The number of anilines is 2. The van der Waals surface area contributed by atoms with Gasteiger partial charge in [-0.3, -0.25) is 0 Å². The summed E-state index contributed by atoms with van der Waals surface area (Å²) in [7, 11) is 0. The second-order valence-electron chi connectivity index (χ2n) is 3.49. The lowest BCUT2D eigenvalue weighted by molar-refractivity contribution is 1.23. The zero-order valence-corrected chi connectivity index (χ0v) is 10.6. The van der Waals surface area contributed by atoms with Crippen molar-refractivity contribution in [3.05, 3.63) is 46.9 Å². The lowest BCUT2D eigenvalue weighted by Crippen LogP contribution is -1.89. The fourth-order valence-corrected chi connectivity index (χ4v) is 1.55. The van der Waals surface area contributed by atoms with Gasteiger partial charge in [0.25, 0.3) is 0 Å². The van der Waals surface area contributed by atoms with Gasteiger partial charge < -0.3 is 11.5 Å². The van der Waals surface area contributed by atoms with E-state index in [9.17, 15) is 0 Å². The Labute approximate surface area is 107 Å². The Hall–Kier alpha value is -1.88. The highest BCUT2D eigenvalue weighted by Crippen LogP contribution is 2.26. The number of azo groups is 1. The minimum atomic E-state index is 0.519. The maximum absolute atomic E-state index is 5.77. The van der Waals surface area contributed by atoms with Gasteiger partial charge in [-0.1, -0.05) is 15.9 Å². The average Bonchev–Trinajstić information content (AvgIpc) is 2.30. The van der Waals surface area contributed by atoms with Crippen LogP contribution in [0.5, 0.6) is 0 Å². The second-order valence-corrected chi connectivity index (χ2v) is 4.41. The van der Waals surface area contributed by atoms with Gasteiger partial charge in [0.05, 0.1) is 11.4 Å². The molecule has 0 saturated heterocycles. The maximum atomic E-state index is 5.77. The molecule has 0 amide bonds. The molecule has 86 valence electrons. The van der Waals surface area contributed by atoms with Crippen LogP contribution in [0.3, 0.4) is 0 Å². The number of nitrogens with two attached hydrogens (primary N) is 2. The summed E-state index contributed by atoms with van der Waals surface area (Å²) in [4.78, 5) is 0.